The minimum atomic E-state index is -2.65. The van der Waals surface area contributed by atoms with Crippen LogP contribution in [-0.2, 0) is 6.54 Å². The molecule has 33 heavy (non-hydrogen) atoms. The number of aromatic amines is 1. The number of halogens is 2. The molecule has 0 bridgehead atoms. The van der Waals surface area contributed by atoms with Crippen LogP contribution in [0.5, 0.6) is 0 Å². The lowest BCUT2D eigenvalue weighted by atomic mass is 10.1. The van der Waals surface area contributed by atoms with E-state index in [1.54, 1.807) is 30.7 Å². The third-order valence-electron chi connectivity index (χ3n) is 5.26. The maximum absolute atomic E-state index is 13.1. The first-order valence-electron chi connectivity index (χ1n) is 10.4. The Kier molecular flexibility index (Phi) is 5.57. The average Bonchev–Trinajstić information content (AvgIpc) is 3.52. The smallest absolute Gasteiger partial charge is 0.280 e. The number of aromatic nitrogens is 7. The topological polar surface area (TPSA) is 97.2 Å². The predicted octanol–water partition coefficient (Wildman–Crippen LogP) is 4.10. The van der Waals surface area contributed by atoms with Crippen LogP contribution in [0.25, 0.3) is 44.8 Å². The zero-order valence-corrected chi connectivity index (χ0v) is 17.7. The number of hydrogen-bond donors (Lipinski definition) is 2. The average molecular weight is 446 g/mol. The Morgan fingerprint density at radius 2 is 1.91 bits per heavy atom. The number of hydrogen-bond acceptors (Lipinski definition) is 6. The van der Waals surface area contributed by atoms with Gasteiger partial charge in [-0.2, -0.15) is 10.2 Å². The van der Waals surface area contributed by atoms with E-state index in [0.717, 1.165) is 29.7 Å². The molecule has 5 heterocycles. The summed E-state index contributed by atoms with van der Waals surface area (Å²) in [5.74, 6) is 0. The van der Waals surface area contributed by atoms with Gasteiger partial charge in [-0.3, -0.25) is 14.8 Å². The third-order valence-corrected chi connectivity index (χ3v) is 5.26. The standard InChI is InChI=1S/C23H20F2N8/c1-26-7-8-33-13-15(11-29-33)14-9-21-18(27-10-14)6-5-17(30-21)16-12-28-32-22(16)19-3-2-4-20(31-19)23(24)25/h2-6,9-13,23,26H,7-8H2,1H3,(H,28,32). The fraction of sp³-hybridized carbons (Fsp3) is 0.174. The molecule has 0 unspecified atom stereocenters. The van der Waals surface area contributed by atoms with Gasteiger partial charge in [0.1, 0.15) is 5.69 Å². The number of pyridine rings is 3. The fourth-order valence-corrected chi connectivity index (χ4v) is 3.56. The predicted molar refractivity (Wildman–Crippen MR) is 120 cm³/mol. The third kappa shape index (κ3) is 4.20. The zero-order chi connectivity index (χ0) is 22.8. The van der Waals surface area contributed by atoms with E-state index in [2.05, 4.69) is 30.6 Å². The second-order valence-corrected chi connectivity index (χ2v) is 7.46. The lowest BCUT2D eigenvalue weighted by Gasteiger charge is -2.06. The summed E-state index contributed by atoms with van der Waals surface area (Å²) in [6.07, 6.45) is 4.54. The van der Waals surface area contributed by atoms with Gasteiger partial charge in [-0.25, -0.2) is 18.7 Å². The molecule has 0 aliphatic rings. The number of nitrogens with one attached hydrogen (secondary N) is 2. The molecule has 0 amide bonds. The first-order chi connectivity index (χ1) is 16.1. The van der Waals surface area contributed by atoms with Gasteiger partial charge >= 0.3 is 0 Å². The van der Waals surface area contributed by atoms with Crippen molar-refractivity contribution < 1.29 is 8.78 Å². The molecule has 0 aliphatic carbocycles. The summed E-state index contributed by atoms with van der Waals surface area (Å²) in [6, 6.07) is 10.2. The van der Waals surface area contributed by atoms with Crippen LogP contribution in [0.1, 0.15) is 12.1 Å². The molecule has 10 heteroatoms. The van der Waals surface area contributed by atoms with Crippen LogP contribution in [0.3, 0.4) is 0 Å². The summed E-state index contributed by atoms with van der Waals surface area (Å²) in [7, 11) is 1.90. The molecule has 0 fully saturated rings. The molecular weight excluding hydrogens is 426 g/mol. The first-order valence-corrected chi connectivity index (χ1v) is 10.4. The van der Waals surface area contributed by atoms with Crippen molar-refractivity contribution in [2.45, 2.75) is 13.0 Å². The van der Waals surface area contributed by atoms with E-state index in [-0.39, 0.29) is 5.69 Å². The van der Waals surface area contributed by atoms with Crippen LogP contribution in [0.4, 0.5) is 8.78 Å². The Balaban J connectivity index is 1.51. The quantitative estimate of drug-likeness (QED) is 0.391. The Morgan fingerprint density at radius 1 is 1.00 bits per heavy atom. The van der Waals surface area contributed by atoms with E-state index in [4.69, 9.17) is 4.98 Å². The molecular formula is C23H20F2N8. The summed E-state index contributed by atoms with van der Waals surface area (Å²) in [6.45, 7) is 1.59. The first kappa shape index (κ1) is 20.8. The molecule has 8 nitrogen and oxygen atoms in total. The van der Waals surface area contributed by atoms with E-state index in [1.165, 1.54) is 6.07 Å². The van der Waals surface area contributed by atoms with Crippen molar-refractivity contribution in [3.05, 3.63) is 66.9 Å². The normalized spacial score (nSPS) is 11.5. The van der Waals surface area contributed by atoms with Gasteiger partial charge in [-0.1, -0.05) is 6.07 Å². The van der Waals surface area contributed by atoms with Gasteiger partial charge in [0, 0.05) is 35.6 Å². The minimum Gasteiger partial charge on any atom is -0.318 e. The Labute approximate surface area is 187 Å². The number of fused-ring (bicyclic) bond motifs is 1. The van der Waals surface area contributed by atoms with Gasteiger partial charge < -0.3 is 5.32 Å². The molecule has 0 spiro atoms. The summed E-state index contributed by atoms with van der Waals surface area (Å²) < 4.78 is 28.1. The Bertz CT molecular complexity index is 1410. The molecule has 0 aromatic carbocycles. The number of likely N-dealkylation sites (N-methyl/N-ethyl adjacent to an activating group) is 1. The molecule has 0 atom stereocenters. The van der Waals surface area contributed by atoms with Crippen molar-refractivity contribution in [3.63, 3.8) is 0 Å². The lowest BCUT2D eigenvalue weighted by Crippen LogP contribution is -2.14. The van der Waals surface area contributed by atoms with Gasteiger partial charge in [0.25, 0.3) is 6.43 Å². The van der Waals surface area contributed by atoms with E-state index in [1.807, 2.05) is 36.1 Å². The summed E-state index contributed by atoms with van der Waals surface area (Å²) in [5, 5.41) is 14.4. The van der Waals surface area contributed by atoms with Gasteiger partial charge in [-0.15, -0.1) is 0 Å². The molecule has 5 aromatic rings. The molecule has 0 radical (unpaired) electrons. The summed E-state index contributed by atoms with van der Waals surface area (Å²) in [5.41, 5.74) is 5.22. The lowest BCUT2D eigenvalue weighted by molar-refractivity contribution is 0.146. The maximum atomic E-state index is 13.1. The number of rotatable bonds is 7. The number of nitrogens with zero attached hydrogens (tertiary/aromatic N) is 6. The highest BCUT2D eigenvalue weighted by Crippen LogP contribution is 2.31. The maximum Gasteiger partial charge on any atom is 0.280 e. The van der Waals surface area contributed by atoms with Crippen molar-refractivity contribution in [1.29, 1.82) is 0 Å². The van der Waals surface area contributed by atoms with Gasteiger partial charge in [-0.05, 0) is 37.4 Å². The van der Waals surface area contributed by atoms with E-state index < -0.39 is 6.43 Å². The van der Waals surface area contributed by atoms with E-state index in [0.29, 0.717) is 28.2 Å². The van der Waals surface area contributed by atoms with E-state index in [9.17, 15) is 8.78 Å². The van der Waals surface area contributed by atoms with Gasteiger partial charge in [0.2, 0.25) is 0 Å². The van der Waals surface area contributed by atoms with Crippen LogP contribution in [0.15, 0.2) is 61.2 Å². The summed E-state index contributed by atoms with van der Waals surface area (Å²) in [4.78, 5) is 13.4. The zero-order valence-electron chi connectivity index (χ0n) is 17.7. The largest absolute Gasteiger partial charge is 0.318 e. The minimum absolute atomic E-state index is 0.288. The van der Waals surface area contributed by atoms with E-state index >= 15 is 0 Å². The van der Waals surface area contributed by atoms with Gasteiger partial charge in [0.05, 0.1) is 47.1 Å². The highest BCUT2D eigenvalue weighted by Gasteiger charge is 2.16. The van der Waals surface area contributed by atoms with Crippen LogP contribution in [-0.4, -0.2) is 48.5 Å². The Morgan fingerprint density at radius 3 is 2.76 bits per heavy atom. The molecule has 0 saturated carbocycles. The fourth-order valence-electron chi connectivity index (χ4n) is 3.56. The molecule has 5 aromatic heterocycles. The molecule has 166 valence electrons. The van der Waals surface area contributed by atoms with Gasteiger partial charge in [0.15, 0.2) is 0 Å². The number of H-pyrrole nitrogens is 1. The van der Waals surface area contributed by atoms with Crippen LogP contribution in [0, 0.1) is 0 Å². The summed E-state index contributed by atoms with van der Waals surface area (Å²) >= 11 is 0. The molecule has 2 N–H and O–H groups in total. The van der Waals surface area contributed by atoms with Crippen molar-refractivity contribution in [3.8, 4) is 33.8 Å². The molecule has 0 saturated heterocycles. The SMILES string of the molecule is CNCCn1cc(-c2cnc3ccc(-c4cn[nH]c4-c4cccc(C(F)F)n4)nc3c2)cn1. The van der Waals surface area contributed by atoms with Crippen molar-refractivity contribution in [1.82, 2.24) is 40.2 Å². The second kappa shape index (κ2) is 8.83. The Hall–Kier alpha value is -4.05. The van der Waals surface area contributed by atoms with Crippen LogP contribution in [0.2, 0.25) is 0 Å². The van der Waals surface area contributed by atoms with Crippen LogP contribution < -0.4 is 5.32 Å². The second-order valence-electron chi connectivity index (χ2n) is 7.46. The molecule has 0 aliphatic heterocycles. The monoisotopic (exact) mass is 446 g/mol. The van der Waals surface area contributed by atoms with Crippen LogP contribution >= 0.6 is 0 Å². The molecule has 5 rings (SSSR count). The van der Waals surface area contributed by atoms with Crippen molar-refractivity contribution >= 4 is 11.0 Å². The highest BCUT2D eigenvalue weighted by atomic mass is 19.3. The van der Waals surface area contributed by atoms with Crippen molar-refractivity contribution in [2.24, 2.45) is 0 Å². The number of alkyl halides is 2. The van der Waals surface area contributed by atoms with Crippen molar-refractivity contribution in [2.75, 3.05) is 13.6 Å². The highest BCUT2D eigenvalue weighted by molar-refractivity contribution is 5.84.